The van der Waals surface area contributed by atoms with Gasteiger partial charge in [-0.3, -0.25) is 0 Å². The largest absolute Gasteiger partial charge is 0.387 e. The molecule has 2 aromatic rings. The van der Waals surface area contributed by atoms with Gasteiger partial charge < -0.3 is 5.11 Å². The van der Waals surface area contributed by atoms with Gasteiger partial charge in [0.25, 0.3) is 0 Å². The molecule has 1 nitrogen and oxygen atoms in total. The molecule has 100 valence electrons. The molecule has 0 saturated carbocycles. The van der Waals surface area contributed by atoms with Crippen LogP contribution in [-0.2, 0) is 19.3 Å². The van der Waals surface area contributed by atoms with Gasteiger partial charge >= 0.3 is 0 Å². The lowest BCUT2D eigenvalue weighted by molar-refractivity contribution is 0.182. The first-order valence-corrected chi connectivity index (χ1v) is 7.98. The van der Waals surface area contributed by atoms with E-state index >= 15 is 0 Å². The predicted molar refractivity (Wildman–Crippen MR) is 80.7 cm³/mol. The van der Waals surface area contributed by atoms with Gasteiger partial charge in [0.05, 0.1) is 6.10 Å². The van der Waals surface area contributed by atoms with E-state index in [4.69, 9.17) is 0 Å². The van der Waals surface area contributed by atoms with E-state index in [0.29, 0.717) is 0 Å². The molecule has 1 unspecified atom stereocenters. The van der Waals surface area contributed by atoms with Gasteiger partial charge in [-0.25, -0.2) is 0 Å². The summed E-state index contributed by atoms with van der Waals surface area (Å²) in [6, 6.07) is 12.5. The Kier molecular flexibility index (Phi) is 4.00. The third kappa shape index (κ3) is 3.07. The summed E-state index contributed by atoms with van der Waals surface area (Å²) in [5.74, 6) is 0. The molecule has 0 bridgehead atoms. The molecule has 1 aliphatic rings. The first kappa shape index (κ1) is 12.9. The summed E-state index contributed by atoms with van der Waals surface area (Å²) in [5.41, 5.74) is 2.70. The van der Waals surface area contributed by atoms with Crippen LogP contribution < -0.4 is 0 Å². The number of benzene rings is 1. The van der Waals surface area contributed by atoms with E-state index in [1.54, 1.807) is 0 Å². The Morgan fingerprint density at radius 1 is 1.05 bits per heavy atom. The van der Waals surface area contributed by atoms with E-state index in [1.165, 1.54) is 48.1 Å². The van der Waals surface area contributed by atoms with Crippen LogP contribution in [-0.4, -0.2) is 5.11 Å². The predicted octanol–water partition coefficient (Wildman–Crippen LogP) is 4.29. The molecule has 2 heteroatoms. The van der Waals surface area contributed by atoms with Crippen LogP contribution in [0.25, 0.3) is 0 Å². The van der Waals surface area contributed by atoms with Gasteiger partial charge in [0.1, 0.15) is 0 Å². The van der Waals surface area contributed by atoms with Crippen LogP contribution in [0.3, 0.4) is 0 Å². The Bertz CT molecular complexity index is 506. The molecule has 0 aliphatic heterocycles. The van der Waals surface area contributed by atoms with Crippen LogP contribution in [0.2, 0.25) is 0 Å². The monoisotopic (exact) mass is 272 g/mol. The number of hydrogen-bond acceptors (Lipinski definition) is 2. The second-order valence-corrected chi connectivity index (χ2v) is 6.53. The first-order valence-electron chi connectivity index (χ1n) is 7.16. The van der Waals surface area contributed by atoms with E-state index in [0.717, 1.165) is 11.3 Å². The van der Waals surface area contributed by atoms with E-state index in [9.17, 15) is 5.11 Å². The summed E-state index contributed by atoms with van der Waals surface area (Å²) >= 11 is 1.83. The summed E-state index contributed by atoms with van der Waals surface area (Å²) in [5, 5.41) is 10.4. The molecule has 1 aliphatic carbocycles. The minimum absolute atomic E-state index is 0.348. The van der Waals surface area contributed by atoms with Crippen LogP contribution in [0.4, 0.5) is 0 Å². The standard InChI is InChI=1S/C17H20OS/c18-15(11-13-7-3-1-4-8-13)17-12-14-9-5-2-6-10-16(14)19-17/h1,3-4,7-8,12,15,18H,2,5-6,9-11H2. The molecule has 1 N–H and O–H groups in total. The highest BCUT2D eigenvalue weighted by atomic mass is 32.1. The maximum Gasteiger partial charge on any atom is 0.0922 e. The molecule has 0 spiro atoms. The smallest absolute Gasteiger partial charge is 0.0922 e. The Hall–Kier alpha value is -1.12. The summed E-state index contributed by atoms with van der Waals surface area (Å²) in [4.78, 5) is 2.66. The lowest BCUT2D eigenvalue weighted by Gasteiger charge is -2.08. The summed E-state index contributed by atoms with van der Waals surface area (Å²) in [7, 11) is 0. The average molecular weight is 272 g/mol. The summed E-state index contributed by atoms with van der Waals surface area (Å²) in [6.45, 7) is 0. The molecule has 3 rings (SSSR count). The molecule has 0 fully saturated rings. The van der Waals surface area contributed by atoms with Crippen LogP contribution in [0.15, 0.2) is 36.4 Å². The third-order valence-electron chi connectivity index (χ3n) is 3.87. The van der Waals surface area contributed by atoms with Crippen molar-refractivity contribution in [2.24, 2.45) is 0 Å². The number of hydrogen-bond donors (Lipinski definition) is 1. The lowest BCUT2D eigenvalue weighted by Crippen LogP contribution is -1.99. The molecular weight excluding hydrogens is 252 g/mol. The Morgan fingerprint density at radius 2 is 1.84 bits per heavy atom. The maximum absolute atomic E-state index is 10.4. The van der Waals surface area contributed by atoms with Gasteiger partial charge in [-0.1, -0.05) is 36.8 Å². The fourth-order valence-corrected chi connectivity index (χ4v) is 4.04. The summed E-state index contributed by atoms with van der Waals surface area (Å²) < 4.78 is 0. The van der Waals surface area contributed by atoms with Crippen molar-refractivity contribution >= 4 is 11.3 Å². The van der Waals surface area contributed by atoms with Crippen LogP contribution in [0.1, 0.15) is 46.2 Å². The van der Waals surface area contributed by atoms with Gasteiger partial charge in [0, 0.05) is 16.2 Å². The van der Waals surface area contributed by atoms with Crippen molar-refractivity contribution in [2.75, 3.05) is 0 Å². The molecule has 0 amide bonds. The average Bonchev–Trinajstić information content (AvgIpc) is 2.72. The molecule has 0 radical (unpaired) electrons. The van der Waals surface area contributed by atoms with Gasteiger partial charge in [-0.05, 0) is 42.9 Å². The zero-order chi connectivity index (χ0) is 13.1. The number of thiophene rings is 1. The molecule has 1 heterocycles. The van der Waals surface area contributed by atoms with Crippen molar-refractivity contribution in [1.29, 1.82) is 0 Å². The SMILES string of the molecule is OC(Cc1ccccc1)c1cc2c(s1)CCCCC2. The first-order chi connectivity index (χ1) is 9.33. The number of rotatable bonds is 3. The zero-order valence-corrected chi connectivity index (χ0v) is 12.0. The van der Waals surface area contributed by atoms with E-state index in [-0.39, 0.29) is 6.10 Å². The zero-order valence-electron chi connectivity index (χ0n) is 11.1. The molecule has 19 heavy (non-hydrogen) atoms. The molecular formula is C17H20OS. The van der Waals surface area contributed by atoms with Crippen molar-refractivity contribution in [1.82, 2.24) is 0 Å². The highest BCUT2D eigenvalue weighted by molar-refractivity contribution is 7.12. The van der Waals surface area contributed by atoms with Gasteiger partial charge in [0.2, 0.25) is 0 Å². The quantitative estimate of drug-likeness (QED) is 0.826. The van der Waals surface area contributed by atoms with Crippen molar-refractivity contribution < 1.29 is 5.11 Å². The Labute approximate surface area is 118 Å². The number of aryl methyl sites for hydroxylation is 2. The minimum atomic E-state index is -0.348. The lowest BCUT2D eigenvalue weighted by atomic mass is 10.1. The van der Waals surface area contributed by atoms with Crippen LogP contribution in [0, 0.1) is 0 Å². The van der Waals surface area contributed by atoms with Gasteiger partial charge in [-0.15, -0.1) is 11.3 Å². The van der Waals surface area contributed by atoms with Crippen molar-refractivity contribution in [3.8, 4) is 0 Å². The molecule has 1 aromatic heterocycles. The Morgan fingerprint density at radius 3 is 2.68 bits per heavy atom. The topological polar surface area (TPSA) is 20.2 Å². The van der Waals surface area contributed by atoms with Crippen LogP contribution >= 0.6 is 11.3 Å². The Balaban J connectivity index is 1.75. The number of aliphatic hydroxyl groups excluding tert-OH is 1. The third-order valence-corrected chi connectivity index (χ3v) is 5.20. The van der Waals surface area contributed by atoms with Crippen LogP contribution in [0.5, 0.6) is 0 Å². The highest BCUT2D eigenvalue weighted by Crippen LogP contribution is 2.33. The molecule has 1 atom stereocenters. The molecule has 1 aromatic carbocycles. The maximum atomic E-state index is 10.4. The minimum Gasteiger partial charge on any atom is -0.387 e. The molecule has 0 saturated heterocycles. The second kappa shape index (κ2) is 5.89. The van der Waals surface area contributed by atoms with Crippen molar-refractivity contribution in [3.63, 3.8) is 0 Å². The van der Waals surface area contributed by atoms with Gasteiger partial charge in [-0.2, -0.15) is 0 Å². The highest BCUT2D eigenvalue weighted by Gasteiger charge is 2.17. The van der Waals surface area contributed by atoms with Crippen molar-refractivity contribution in [3.05, 3.63) is 57.3 Å². The van der Waals surface area contributed by atoms with Crippen molar-refractivity contribution in [2.45, 2.75) is 44.6 Å². The second-order valence-electron chi connectivity index (χ2n) is 5.36. The van der Waals surface area contributed by atoms with E-state index < -0.39 is 0 Å². The fourth-order valence-electron chi connectivity index (χ4n) is 2.79. The van der Waals surface area contributed by atoms with E-state index in [2.05, 4.69) is 18.2 Å². The fraction of sp³-hybridized carbons (Fsp3) is 0.412. The normalized spacial score (nSPS) is 16.7. The van der Waals surface area contributed by atoms with Gasteiger partial charge in [0.15, 0.2) is 0 Å². The number of fused-ring (bicyclic) bond motifs is 1. The summed E-state index contributed by atoms with van der Waals surface area (Å²) in [6.07, 6.45) is 6.74. The van der Waals surface area contributed by atoms with E-state index in [1.807, 2.05) is 29.5 Å². The number of aliphatic hydroxyl groups is 1.